The second-order valence-electron chi connectivity index (χ2n) is 6.57. The molecule has 0 amide bonds. The Balaban J connectivity index is 2.10. The van der Waals surface area contributed by atoms with Crippen LogP contribution in [0.2, 0.25) is 5.02 Å². The van der Waals surface area contributed by atoms with Crippen molar-refractivity contribution in [3.63, 3.8) is 0 Å². The third kappa shape index (κ3) is 3.12. The van der Waals surface area contributed by atoms with Gasteiger partial charge in [0.05, 0.1) is 5.57 Å². The van der Waals surface area contributed by atoms with Gasteiger partial charge in [0, 0.05) is 10.7 Å². The van der Waals surface area contributed by atoms with Crippen LogP contribution in [0, 0.1) is 0 Å². The van der Waals surface area contributed by atoms with Crippen molar-refractivity contribution in [1.82, 2.24) is 20.2 Å². The largest absolute Gasteiger partial charge is 0.456 e. The van der Waals surface area contributed by atoms with Crippen LogP contribution < -0.4 is 5.32 Å². The number of carbonyl (C=O) groups is 1. The fraction of sp³-hybridized carbons (Fsp3) is 0.375. The van der Waals surface area contributed by atoms with E-state index >= 15 is 0 Å². The Bertz CT molecular complexity index is 805. The van der Waals surface area contributed by atoms with E-state index in [2.05, 4.69) is 20.8 Å². The van der Waals surface area contributed by atoms with Crippen LogP contribution in [0.3, 0.4) is 0 Å². The lowest BCUT2D eigenvalue weighted by Crippen LogP contribution is -2.33. The van der Waals surface area contributed by atoms with E-state index in [-0.39, 0.29) is 0 Å². The average molecular weight is 348 g/mol. The summed E-state index contributed by atoms with van der Waals surface area (Å²) in [6.07, 6.45) is 0. The van der Waals surface area contributed by atoms with Gasteiger partial charge in [-0.05, 0) is 55.8 Å². The Hall–Kier alpha value is -2.41. The molecule has 0 aliphatic carbocycles. The molecule has 0 bridgehead atoms. The van der Waals surface area contributed by atoms with Gasteiger partial charge in [-0.15, -0.1) is 0 Å². The molecule has 8 heteroatoms. The molecule has 1 N–H and O–H groups in total. The zero-order valence-electron chi connectivity index (χ0n) is 13.9. The molecule has 1 unspecified atom stereocenters. The van der Waals surface area contributed by atoms with Crippen LogP contribution >= 0.6 is 11.6 Å². The highest BCUT2D eigenvalue weighted by molar-refractivity contribution is 6.30. The first-order valence-corrected chi connectivity index (χ1v) is 7.88. The van der Waals surface area contributed by atoms with E-state index in [0.29, 0.717) is 22.2 Å². The van der Waals surface area contributed by atoms with Crippen LogP contribution in [0.25, 0.3) is 0 Å². The van der Waals surface area contributed by atoms with Gasteiger partial charge < -0.3 is 10.1 Å². The summed E-state index contributed by atoms with van der Waals surface area (Å²) in [7, 11) is 0. The van der Waals surface area contributed by atoms with Crippen molar-refractivity contribution >= 4 is 23.5 Å². The Labute approximate surface area is 144 Å². The van der Waals surface area contributed by atoms with E-state index in [1.807, 2.05) is 32.9 Å². The first-order valence-electron chi connectivity index (χ1n) is 7.51. The number of halogens is 1. The molecule has 24 heavy (non-hydrogen) atoms. The van der Waals surface area contributed by atoms with Crippen LogP contribution in [0.15, 0.2) is 35.5 Å². The van der Waals surface area contributed by atoms with E-state index < -0.39 is 17.6 Å². The summed E-state index contributed by atoms with van der Waals surface area (Å²) in [5, 5.41) is 15.3. The molecule has 7 nitrogen and oxygen atoms in total. The highest BCUT2D eigenvalue weighted by atomic mass is 35.5. The zero-order valence-corrected chi connectivity index (χ0v) is 14.6. The molecule has 1 aromatic carbocycles. The van der Waals surface area contributed by atoms with Crippen LogP contribution in [0.4, 0.5) is 5.95 Å². The van der Waals surface area contributed by atoms with Crippen molar-refractivity contribution in [2.75, 3.05) is 5.32 Å². The van der Waals surface area contributed by atoms with Gasteiger partial charge in [0.2, 0.25) is 5.95 Å². The maximum atomic E-state index is 12.8. The van der Waals surface area contributed by atoms with Gasteiger partial charge in [-0.3, -0.25) is 0 Å². The topological polar surface area (TPSA) is 81.9 Å². The second kappa shape index (κ2) is 5.90. The van der Waals surface area contributed by atoms with Gasteiger partial charge in [-0.1, -0.05) is 28.8 Å². The van der Waals surface area contributed by atoms with Crippen LogP contribution in [0.5, 0.6) is 0 Å². The predicted molar refractivity (Wildman–Crippen MR) is 89.6 cm³/mol. The third-order valence-electron chi connectivity index (χ3n) is 3.52. The van der Waals surface area contributed by atoms with Gasteiger partial charge in [0.1, 0.15) is 11.6 Å². The molecule has 1 aromatic heterocycles. The van der Waals surface area contributed by atoms with E-state index in [1.54, 1.807) is 23.7 Å². The molecule has 126 valence electrons. The van der Waals surface area contributed by atoms with Gasteiger partial charge in [-0.25, -0.2) is 4.79 Å². The van der Waals surface area contributed by atoms with Crippen LogP contribution in [0.1, 0.15) is 39.3 Å². The third-order valence-corrected chi connectivity index (χ3v) is 3.77. The number of carbonyl (C=O) groups excluding carboxylic acids is 1. The van der Waals surface area contributed by atoms with Gasteiger partial charge >= 0.3 is 5.97 Å². The first-order chi connectivity index (χ1) is 11.3. The minimum absolute atomic E-state index is 0.409. The lowest BCUT2D eigenvalue weighted by atomic mass is 9.95. The molecular weight excluding hydrogens is 330 g/mol. The molecule has 0 saturated heterocycles. The maximum Gasteiger partial charge on any atom is 0.338 e. The molecule has 1 aliphatic heterocycles. The quantitative estimate of drug-likeness (QED) is 0.841. The zero-order chi connectivity index (χ0) is 17.5. The lowest BCUT2D eigenvalue weighted by Gasteiger charge is -2.29. The molecule has 0 radical (unpaired) electrons. The first kappa shape index (κ1) is 16.4. The monoisotopic (exact) mass is 347 g/mol. The Kier molecular flexibility index (Phi) is 4.04. The Morgan fingerprint density at radius 2 is 1.96 bits per heavy atom. The summed E-state index contributed by atoms with van der Waals surface area (Å²) >= 11 is 5.98. The van der Waals surface area contributed by atoms with Gasteiger partial charge in [-0.2, -0.15) is 4.68 Å². The van der Waals surface area contributed by atoms with Crippen molar-refractivity contribution in [3.05, 3.63) is 46.1 Å². The number of anilines is 1. The summed E-state index contributed by atoms with van der Waals surface area (Å²) in [6.45, 7) is 7.30. The van der Waals surface area contributed by atoms with Crippen molar-refractivity contribution in [1.29, 1.82) is 0 Å². The summed E-state index contributed by atoms with van der Waals surface area (Å²) in [5.41, 5.74) is 1.36. The molecule has 2 heterocycles. The molecule has 1 atom stereocenters. The molecular formula is C16H18ClN5O2. The molecule has 2 aromatic rings. The molecule has 0 spiro atoms. The van der Waals surface area contributed by atoms with Gasteiger partial charge in [0.15, 0.2) is 0 Å². The second-order valence-corrected chi connectivity index (χ2v) is 7.00. The van der Waals surface area contributed by atoms with Crippen LogP contribution in [-0.4, -0.2) is 31.8 Å². The summed E-state index contributed by atoms with van der Waals surface area (Å²) < 4.78 is 7.13. The number of aromatic nitrogens is 4. The SMILES string of the molecule is CC1=C(C(=O)OC(C)(C)C)C(c2ccc(Cl)cc2)n2nnnc2N1. The van der Waals surface area contributed by atoms with Gasteiger partial charge in [0.25, 0.3) is 0 Å². The number of fused-ring (bicyclic) bond motifs is 1. The normalized spacial score (nSPS) is 17.3. The van der Waals surface area contributed by atoms with Crippen LogP contribution in [-0.2, 0) is 9.53 Å². The number of hydrogen-bond donors (Lipinski definition) is 1. The predicted octanol–water partition coefficient (Wildman–Crippen LogP) is 2.96. The number of benzene rings is 1. The van der Waals surface area contributed by atoms with Crippen molar-refractivity contribution in [2.24, 2.45) is 0 Å². The number of hydrogen-bond acceptors (Lipinski definition) is 6. The standard InChI is InChI=1S/C16H18ClN5O2/c1-9-12(14(23)24-16(2,3)4)13(10-5-7-11(17)8-6-10)22-15(18-9)19-20-21-22/h5-8,13H,1-4H3,(H,18,19,21). The molecule has 1 aliphatic rings. The molecule has 3 rings (SSSR count). The summed E-state index contributed by atoms with van der Waals surface area (Å²) in [5.74, 6) is 0.0633. The Morgan fingerprint density at radius 3 is 2.58 bits per heavy atom. The van der Waals surface area contributed by atoms with E-state index in [4.69, 9.17) is 16.3 Å². The van der Waals surface area contributed by atoms with E-state index in [0.717, 1.165) is 5.56 Å². The molecule has 0 fully saturated rings. The summed E-state index contributed by atoms with van der Waals surface area (Å²) in [4.78, 5) is 12.8. The molecule has 0 saturated carbocycles. The average Bonchev–Trinajstić information content (AvgIpc) is 2.92. The highest BCUT2D eigenvalue weighted by Crippen LogP contribution is 2.35. The number of rotatable bonds is 2. The van der Waals surface area contributed by atoms with Crippen molar-refractivity contribution in [3.8, 4) is 0 Å². The van der Waals surface area contributed by atoms with Crippen molar-refractivity contribution in [2.45, 2.75) is 39.3 Å². The fourth-order valence-corrected chi connectivity index (χ4v) is 2.69. The minimum atomic E-state index is -0.601. The van der Waals surface area contributed by atoms with E-state index in [9.17, 15) is 4.79 Å². The number of allylic oxidation sites excluding steroid dienone is 1. The Morgan fingerprint density at radius 1 is 1.29 bits per heavy atom. The van der Waals surface area contributed by atoms with E-state index in [1.165, 1.54) is 0 Å². The van der Waals surface area contributed by atoms with Crippen molar-refractivity contribution < 1.29 is 9.53 Å². The number of ether oxygens (including phenoxy) is 1. The lowest BCUT2D eigenvalue weighted by molar-refractivity contribution is -0.150. The smallest absolute Gasteiger partial charge is 0.338 e. The fourth-order valence-electron chi connectivity index (χ4n) is 2.56. The number of nitrogens with zero attached hydrogens (tertiary/aromatic N) is 4. The highest BCUT2D eigenvalue weighted by Gasteiger charge is 2.36. The maximum absolute atomic E-state index is 12.8. The number of esters is 1. The number of tetrazole rings is 1. The summed E-state index contributed by atoms with van der Waals surface area (Å²) in [6, 6.07) is 6.75. The minimum Gasteiger partial charge on any atom is -0.456 e. The number of nitrogens with one attached hydrogen (secondary N) is 1.